The Labute approximate surface area is 162 Å². The first-order valence-corrected chi connectivity index (χ1v) is 8.83. The summed E-state index contributed by atoms with van der Waals surface area (Å²) in [5.41, 5.74) is 0.794. The number of methoxy groups -OCH3 is 1. The number of benzene rings is 1. The Bertz CT molecular complexity index is 835. The molecule has 0 saturated carbocycles. The van der Waals surface area contributed by atoms with E-state index in [1.165, 1.54) is 19.5 Å². The van der Waals surface area contributed by atoms with Gasteiger partial charge in [-0.15, -0.1) is 0 Å². The molecule has 2 heterocycles. The van der Waals surface area contributed by atoms with E-state index in [1.54, 1.807) is 30.0 Å². The second-order valence-electron chi connectivity index (χ2n) is 6.06. The molecule has 1 aromatic carbocycles. The molecule has 0 spiro atoms. The van der Waals surface area contributed by atoms with Crippen molar-refractivity contribution >= 4 is 35.1 Å². The molecule has 1 aromatic heterocycles. The summed E-state index contributed by atoms with van der Waals surface area (Å²) < 4.78 is 5.22. The van der Waals surface area contributed by atoms with Gasteiger partial charge in [0, 0.05) is 50.5 Å². The summed E-state index contributed by atoms with van der Waals surface area (Å²) in [6, 6.07) is 4.97. The van der Waals surface area contributed by atoms with Gasteiger partial charge >= 0.3 is 0 Å². The number of halogens is 1. The van der Waals surface area contributed by atoms with Crippen molar-refractivity contribution in [2.45, 2.75) is 6.92 Å². The molecule has 9 heteroatoms. The van der Waals surface area contributed by atoms with Crippen molar-refractivity contribution in [3.8, 4) is 5.75 Å². The van der Waals surface area contributed by atoms with E-state index in [4.69, 9.17) is 16.3 Å². The molecule has 0 atom stereocenters. The summed E-state index contributed by atoms with van der Waals surface area (Å²) in [5, 5.41) is 3.24. The second kappa shape index (κ2) is 8.22. The minimum absolute atomic E-state index is 0.0685. The maximum absolute atomic E-state index is 12.5. The fourth-order valence-electron chi connectivity index (χ4n) is 2.80. The number of nitrogens with one attached hydrogen (secondary N) is 1. The van der Waals surface area contributed by atoms with Crippen LogP contribution in [0.2, 0.25) is 5.02 Å². The third-order valence-electron chi connectivity index (χ3n) is 4.32. The summed E-state index contributed by atoms with van der Waals surface area (Å²) >= 11 is 5.98. The standard InChI is InChI=1S/C18H20ClN5O3/c1-12(25)23-5-7-24(8-6-23)18-20-10-13(11-21-18)17(26)22-15-9-14(19)3-4-16(15)27-2/h3-4,9-11H,5-8H2,1-2H3,(H,22,26). The Morgan fingerprint density at radius 1 is 1.15 bits per heavy atom. The topological polar surface area (TPSA) is 87.7 Å². The maximum Gasteiger partial charge on any atom is 0.258 e. The van der Waals surface area contributed by atoms with Crippen molar-refractivity contribution < 1.29 is 14.3 Å². The zero-order chi connectivity index (χ0) is 19.4. The van der Waals surface area contributed by atoms with E-state index in [1.807, 2.05) is 4.90 Å². The van der Waals surface area contributed by atoms with Gasteiger partial charge in [-0.2, -0.15) is 0 Å². The first-order valence-electron chi connectivity index (χ1n) is 8.45. The molecule has 1 aliphatic heterocycles. The van der Waals surface area contributed by atoms with Gasteiger partial charge in [-0.3, -0.25) is 9.59 Å². The van der Waals surface area contributed by atoms with Crippen LogP contribution in [0.3, 0.4) is 0 Å². The number of ether oxygens (including phenoxy) is 1. The molecular weight excluding hydrogens is 370 g/mol. The average Bonchev–Trinajstić information content (AvgIpc) is 2.68. The third kappa shape index (κ3) is 4.46. The number of hydrogen-bond donors (Lipinski definition) is 1. The van der Waals surface area contributed by atoms with Crippen molar-refractivity contribution in [1.82, 2.24) is 14.9 Å². The molecule has 1 aliphatic rings. The van der Waals surface area contributed by atoms with Gasteiger partial charge in [0.05, 0.1) is 18.4 Å². The fraction of sp³-hybridized carbons (Fsp3) is 0.333. The molecule has 0 aliphatic carbocycles. The maximum atomic E-state index is 12.5. The number of carbonyl (C=O) groups excluding carboxylic acids is 2. The Hall–Kier alpha value is -2.87. The van der Waals surface area contributed by atoms with Gasteiger partial charge in [0.1, 0.15) is 5.75 Å². The first-order chi connectivity index (χ1) is 13.0. The van der Waals surface area contributed by atoms with Gasteiger partial charge in [0.25, 0.3) is 5.91 Å². The minimum atomic E-state index is -0.358. The van der Waals surface area contributed by atoms with E-state index < -0.39 is 0 Å². The number of aromatic nitrogens is 2. The van der Waals surface area contributed by atoms with Crippen LogP contribution in [0.4, 0.5) is 11.6 Å². The highest BCUT2D eigenvalue weighted by Crippen LogP contribution is 2.28. The molecular formula is C18H20ClN5O3. The second-order valence-corrected chi connectivity index (χ2v) is 6.50. The molecule has 3 rings (SSSR count). The number of nitrogens with zero attached hydrogens (tertiary/aromatic N) is 4. The number of anilines is 2. The number of piperazine rings is 1. The van der Waals surface area contributed by atoms with E-state index in [2.05, 4.69) is 15.3 Å². The van der Waals surface area contributed by atoms with Crippen LogP contribution in [0, 0.1) is 0 Å². The van der Waals surface area contributed by atoms with Gasteiger partial charge in [-0.05, 0) is 18.2 Å². The summed E-state index contributed by atoms with van der Waals surface area (Å²) in [6.07, 6.45) is 2.96. The van der Waals surface area contributed by atoms with Crippen molar-refractivity contribution in [3.05, 3.63) is 41.2 Å². The zero-order valence-electron chi connectivity index (χ0n) is 15.1. The fourth-order valence-corrected chi connectivity index (χ4v) is 2.97. The Kier molecular flexibility index (Phi) is 5.75. The summed E-state index contributed by atoms with van der Waals surface area (Å²) in [5.74, 6) is 0.756. The Balaban J connectivity index is 1.66. The largest absolute Gasteiger partial charge is 0.495 e. The third-order valence-corrected chi connectivity index (χ3v) is 4.55. The monoisotopic (exact) mass is 389 g/mol. The van der Waals surface area contributed by atoms with E-state index in [0.717, 1.165) is 0 Å². The highest BCUT2D eigenvalue weighted by atomic mass is 35.5. The molecule has 1 N–H and O–H groups in total. The van der Waals surface area contributed by atoms with Crippen molar-refractivity contribution in [3.63, 3.8) is 0 Å². The lowest BCUT2D eigenvalue weighted by Crippen LogP contribution is -2.48. The van der Waals surface area contributed by atoms with Crippen LogP contribution < -0.4 is 15.0 Å². The van der Waals surface area contributed by atoms with Crippen LogP contribution in [-0.2, 0) is 4.79 Å². The van der Waals surface area contributed by atoms with E-state index in [-0.39, 0.29) is 11.8 Å². The van der Waals surface area contributed by atoms with Crippen LogP contribution in [0.5, 0.6) is 5.75 Å². The predicted molar refractivity (Wildman–Crippen MR) is 102 cm³/mol. The van der Waals surface area contributed by atoms with Gasteiger partial charge in [-0.1, -0.05) is 11.6 Å². The molecule has 142 valence electrons. The number of carbonyl (C=O) groups is 2. The smallest absolute Gasteiger partial charge is 0.258 e. The normalized spacial score (nSPS) is 14.0. The van der Waals surface area contributed by atoms with Crippen LogP contribution in [0.15, 0.2) is 30.6 Å². The molecule has 0 radical (unpaired) electrons. The Morgan fingerprint density at radius 2 is 1.81 bits per heavy atom. The first kappa shape index (κ1) is 18.9. The summed E-state index contributed by atoms with van der Waals surface area (Å²) in [4.78, 5) is 36.2. The van der Waals surface area contributed by atoms with Gasteiger partial charge in [0.15, 0.2) is 0 Å². The van der Waals surface area contributed by atoms with E-state index in [9.17, 15) is 9.59 Å². The Morgan fingerprint density at radius 3 is 2.41 bits per heavy atom. The zero-order valence-corrected chi connectivity index (χ0v) is 15.9. The predicted octanol–water partition coefficient (Wildman–Crippen LogP) is 2.06. The highest BCUT2D eigenvalue weighted by Gasteiger charge is 2.20. The van der Waals surface area contributed by atoms with Gasteiger partial charge in [-0.25, -0.2) is 9.97 Å². The van der Waals surface area contributed by atoms with Crippen molar-refractivity contribution in [2.75, 3.05) is 43.5 Å². The molecule has 0 bridgehead atoms. The van der Waals surface area contributed by atoms with Gasteiger partial charge < -0.3 is 19.9 Å². The summed E-state index contributed by atoms with van der Waals surface area (Å²) in [6.45, 7) is 4.15. The lowest BCUT2D eigenvalue weighted by atomic mass is 10.2. The molecule has 8 nitrogen and oxygen atoms in total. The lowest BCUT2D eigenvalue weighted by molar-refractivity contribution is -0.129. The number of rotatable bonds is 4. The molecule has 27 heavy (non-hydrogen) atoms. The molecule has 1 saturated heterocycles. The number of hydrogen-bond acceptors (Lipinski definition) is 6. The van der Waals surface area contributed by atoms with Crippen molar-refractivity contribution in [2.24, 2.45) is 0 Å². The van der Waals surface area contributed by atoms with Crippen LogP contribution in [-0.4, -0.2) is 60.0 Å². The lowest BCUT2D eigenvalue weighted by Gasteiger charge is -2.34. The van der Waals surface area contributed by atoms with E-state index >= 15 is 0 Å². The molecule has 2 aromatic rings. The SMILES string of the molecule is COc1ccc(Cl)cc1NC(=O)c1cnc(N2CCN(C(C)=O)CC2)nc1. The van der Waals surface area contributed by atoms with Crippen LogP contribution in [0.1, 0.15) is 17.3 Å². The van der Waals surface area contributed by atoms with Crippen molar-refractivity contribution in [1.29, 1.82) is 0 Å². The number of amides is 2. The van der Waals surface area contributed by atoms with Gasteiger partial charge in [0.2, 0.25) is 11.9 Å². The molecule has 1 fully saturated rings. The highest BCUT2D eigenvalue weighted by molar-refractivity contribution is 6.31. The van der Waals surface area contributed by atoms with E-state index in [0.29, 0.717) is 54.2 Å². The summed E-state index contributed by atoms with van der Waals surface area (Å²) in [7, 11) is 1.52. The molecule has 2 amide bonds. The average molecular weight is 390 g/mol. The minimum Gasteiger partial charge on any atom is -0.495 e. The van der Waals surface area contributed by atoms with Crippen LogP contribution >= 0.6 is 11.6 Å². The quantitative estimate of drug-likeness (QED) is 0.861. The molecule has 0 unspecified atom stereocenters. The van der Waals surface area contributed by atoms with Crippen LogP contribution in [0.25, 0.3) is 0 Å².